The van der Waals surface area contributed by atoms with Crippen LogP contribution in [0.25, 0.3) is 0 Å². The fourth-order valence-corrected chi connectivity index (χ4v) is 7.76. The van der Waals surface area contributed by atoms with Crippen molar-refractivity contribution in [2.45, 2.75) is 81.1 Å². The van der Waals surface area contributed by atoms with Gasteiger partial charge in [0.2, 0.25) is 5.91 Å². The number of aliphatic hydroxyl groups excluding tert-OH is 1. The number of aliphatic hydroxyl groups is 1. The number of carbonyl (C=O) groups excluding carboxylic acids is 1. The Hall–Kier alpha value is -1.63. The molecule has 0 radical (unpaired) electrons. The summed E-state index contributed by atoms with van der Waals surface area (Å²) in [5, 5.41) is 11.3. The monoisotopic (exact) mass is 541 g/mol. The van der Waals surface area contributed by atoms with E-state index >= 15 is 0 Å². The molecule has 0 aromatic heterocycles. The van der Waals surface area contributed by atoms with Crippen LogP contribution in [0.5, 0.6) is 0 Å². The molecular weight excluding hydrogens is 505 g/mol. The number of nitrogens with zero attached hydrogens (tertiary/aromatic N) is 3. The molecule has 0 aliphatic carbocycles. The smallest absolute Gasteiger partial charge is 0.222 e. The Kier molecular flexibility index (Phi) is 7.28. The van der Waals surface area contributed by atoms with Gasteiger partial charge in [-0.1, -0.05) is 59.6 Å². The van der Waals surface area contributed by atoms with Crippen LogP contribution in [0.15, 0.2) is 48.5 Å². The van der Waals surface area contributed by atoms with Crippen molar-refractivity contribution in [3.05, 3.63) is 69.7 Å². The summed E-state index contributed by atoms with van der Waals surface area (Å²) in [5.41, 5.74) is 2.20. The molecule has 2 bridgehead atoms. The number of hydrogen-bond acceptors (Lipinski definition) is 4. The molecule has 37 heavy (non-hydrogen) atoms. The summed E-state index contributed by atoms with van der Waals surface area (Å²) in [6.45, 7) is 4.55. The number of piperidine rings is 2. The molecule has 4 heterocycles. The van der Waals surface area contributed by atoms with E-state index in [1.165, 1.54) is 18.4 Å². The highest BCUT2D eigenvalue weighted by atomic mass is 35.5. The van der Waals surface area contributed by atoms with Crippen molar-refractivity contribution in [2.24, 2.45) is 0 Å². The summed E-state index contributed by atoms with van der Waals surface area (Å²) in [5.74, 6) is 0.228. The normalized spacial score (nSPS) is 31.1. The maximum absolute atomic E-state index is 13.0. The first-order chi connectivity index (χ1) is 17.9. The first kappa shape index (κ1) is 25.6. The highest BCUT2D eigenvalue weighted by Crippen LogP contribution is 2.42. The van der Waals surface area contributed by atoms with Crippen LogP contribution in [0, 0.1) is 0 Å². The second-order valence-electron chi connectivity index (χ2n) is 11.8. The predicted octanol–water partition coefficient (Wildman–Crippen LogP) is 5.12. The number of benzene rings is 2. The SMILES string of the molecule is O=C1CCC(CCN2CC(N3[C@@H]4CC[C@H]3CC(O)C4)C2)(c2ccc(Cl)c(Cl)c2)CN1Cc1ccccc1. The van der Waals surface area contributed by atoms with Crippen molar-refractivity contribution in [1.29, 1.82) is 0 Å². The number of carbonyl (C=O) groups is 1. The molecule has 2 unspecified atom stereocenters. The molecule has 0 saturated carbocycles. The molecule has 4 fully saturated rings. The molecule has 6 rings (SSSR count). The van der Waals surface area contributed by atoms with Gasteiger partial charge in [-0.15, -0.1) is 0 Å². The lowest BCUT2D eigenvalue weighted by Crippen LogP contribution is -2.64. The lowest BCUT2D eigenvalue weighted by Gasteiger charge is -2.52. The summed E-state index contributed by atoms with van der Waals surface area (Å²) in [6.07, 6.45) is 6.63. The third-order valence-electron chi connectivity index (χ3n) is 9.44. The lowest BCUT2D eigenvalue weighted by atomic mass is 9.71. The summed E-state index contributed by atoms with van der Waals surface area (Å²) >= 11 is 12.8. The van der Waals surface area contributed by atoms with Crippen molar-refractivity contribution in [3.63, 3.8) is 0 Å². The number of rotatable bonds is 7. The van der Waals surface area contributed by atoms with Crippen LogP contribution in [0.1, 0.15) is 56.1 Å². The number of amides is 1. The molecule has 4 aliphatic heterocycles. The van der Waals surface area contributed by atoms with Crippen molar-refractivity contribution in [3.8, 4) is 0 Å². The fraction of sp³-hybridized carbons (Fsp3) is 0.567. The highest BCUT2D eigenvalue weighted by molar-refractivity contribution is 6.42. The van der Waals surface area contributed by atoms with E-state index in [-0.39, 0.29) is 17.4 Å². The topological polar surface area (TPSA) is 47.0 Å². The van der Waals surface area contributed by atoms with Crippen LogP contribution >= 0.6 is 23.2 Å². The zero-order valence-corrected chi connectivity index (χ0v) is 22.9. The van der Waals surface area contributed by atoms with Crippen LogP contribution in [0.3, 0.4) is 0 Å². The Morgan fingerprint density at radius 1 is 0.946 bits per heavy atom. The minimum atomic E-state index is -0.143. The van der Waals surface area contributed by atoms with Gasteiger partial charge in [0.15, 0.2) is 0 Å². The Labute approximate surface area is 230 Å². The zero-order chi connectivity index (χ0) is 25.6. The van der Waals surface area contributed by atoms with Crippen molar-refractivity contribution in [2.75, 3.05) is 26.2 Å². The number of fused-ring (bicyclic) bond motifs is 2. The Morgan fingerprint density at radius 3 is 2.38 bits per heavy atom. The average Bonchev–Trinajstić information content (AvgIpc) is 3.12. The van der Waals surface area contributed by atoms with Gasteiger partial charge < -0.3 is 14.9 Å². The van der Waals surface area contributed by atoms with Crippen LogP contribution in [-0.2, 0) is 16.8 Å². The Morgan fingerprint density at radius 2 is 1.68 bits per heavy atom. The van der Waals surface area contributed by atoms with E-state index < -0.39 is 0 Å². The molecule has 7 heteroatoms. The molecule has 4 saturated heterocycles. The minimum Gasteiger partial charge on any atom is -0.393 e. The molecule has 1 N–H and O–H groups in total. The van der Waals surface area contributed by atoms with E-state index in [1.807, 2.05) is 35.2 Å². The fourth-order valence-electron chi connectivity index (χ4n) is 7.46. The molecule has 5 nitrogen and oxygen atoms in total. The van der Waals surface area contributed by atoms with E-state index in [2.05, 4.69) is 28.0 Å². The summed E-state index contributed by atoms with van der Waals surface area (Å²) in [4.78, 5) is 20.3. The maximum atomic E-state index is 13.0. The van der Waals surface area contributed by atoms with Crippen LogP contribution in [0.2, 0.25) is 10.0 Å². The van der Waals surface area contributed by atoms with E-state index in [9.17, 15) is 9.90 Å². The first-order valence-corrected chi connectivity index (χ1v) is 14.6. The van der Waals surface area contributed by atoms with Crippen molar-refractivity contribution < 1.29 is 9.90 Å². The Balaban J connectivity index is 1.16. The van der Waals surface area contributed by atoms with Crippen LogP contribution < -0.4 is 0 Å². The number of hydrogen-bond donors (Lipinski definition) is 1. The lowest BCUT2D eigenvalue weighted by molar-refractivity contribution is -0.136. The van der Waals surface area contributed by atoms with Gasteiger partial charge in [0.05, 0.1) is 16.1 Å². The second-order valence-corrected chi connectivity index (χ2v) is 12.6. The molecule has 2 aromatic carbocycles. The minimum absolute atomic E-state index is 0.108. The van der Waals surface area contributed by atoms with E-state index in [1.54, 1.807) is 0 Å². The molecule has 1 amide bonds. The maximum Gasteiger partial charge on any atom is 0.222 e. The van der Waals surface area contributed by atoms with Gasteiger partial charge in [-0.2, -0.15) is 0 Å². The van der Waals surface area contributed by atoms with E-state index in [0.29, 0.717) is 47.7 Å². The average molecular weight is 543 g/mol. The molecule has 0 spiro atoms. The van der Waals surface area contributed by atoms with Crippen LogP contribution in [0.4, 0.5) is 0 Å². The summed E-state index contributed by atoms with van der Waals surface area (Å²) in [7, 11) is 0. The standard InChI is InChI=1S/C30H37Cl2N3O2/c31-27-9-6-22(14-28(27)32)30(11-10-29(37)34(20-30)17-21-4-2-1-3-5-21)12-13-33-18-25(19-33)35-23-7-8-24(35)16-26(36)15-23/h1-6,9,14,23-26,36H,7-8,10-13,15-20H2/t23-,24+,26?,30?. The third kappa shape index (κ3) is 5.18. The largest absolute Gasteiger partial charge is 0.393 e. The number of halogens is 2. The third-order valence-corrected chi connectivity index (χ3v) is 10.2. The van der Waals surface area contributed by atoms with E-state index in [4.69, 9.17) is 23.2 Å². The predicted molar refractivity (Wildman–Crippen MR) is 148 cm³/mol. The zero-order valence-electron chi connectivity index (χ0n) is 21.4. The summed E-state index contributed by atoms with van der Waals surface area (Å²) in [6, 6.07) is 18.1. The molecular formula is C30H37Cl2N3O2. The van der Waals surface area contributed by atoms with E-state index in [0.717, 1.165) is 50.9 Å². The van der Waals surface area contributed by atoms with Crippen LogP contribution in [-0.4, -0.2) is 76.1 Å². The van der Waals surface area contributed by atoms with Gasteiger partial charge in [-0.25, -0.2) is 0 Å². The molecule has 198 valence electrons. The Bertz CT molecular complexity index is 1110. The van der Waals surface area contributed by atoms with Gasteiger partial charge in [0, 0.05) is 56.1 Å². The first-order valence-electron chi connectivity index (χ1n) is 13.9. The molecule has 4 aliphatic rings. The van der Waals surface area contributed by atoms with Gasteiger partial charge in [-0.3, -0.25) is 9.69 Å². The van der Waals surface area contributed by atoms with Gasteiger partial charge >= 0.3 is 0 Å². The van der Waals surface area contributed by atoms with Gasteiger partial charge in [0.1, 0.15) is 0 Å². The highest BCUT2D eigenvalue weighted by Gasteiger charge is 2.47. The number of likely N-dealkylation sites (tertiary alicyclic amines) is 2. The van der Waals surface area contributed by atoms with Gasteiger partial charge in [-0.05, 0) is 68.3 Å². The molecule has 2 aromatic rings. The van der Waals surface area contributed by atoms with Crippen molar-refractivity contribution in [1.82, 2.24) is 14.7 Å². The van der Waals surface area contributed by atoms with Gasteiger partial charge in [0.25, 0.3) is 0 Å². The second kappa shape index (κ2) is 10.5. The quantitative estimate of drug-likeness (QED) is 0.528. The summed E-state index contributed by atoms with van der Waals surface area (Å²) < 4.78 is 0. The van der Waals surface area contributed by atoms with Crippen molar-refractivity contribution >= 4 is 29.1 Å². The molecule has 4 atom stereocenters.